The minimum atomic E-state index is -0.862. The molecule has 0 radical (unpaired) electrons. The number of rotatable bonds is 2. The van der Waals surface area contributed by atoms with Crippen LogP contribution >= 0.6 is 11.6 Å². The summed E-state index contributed by atoms with van der Waals surface area (Å²) >= 11 is 5.90. The third kappa shape index (κ3) is 2.53. The van der Waals surface area contributed by atoms with E-state index in [0.717, 1.165) is 11.3 Å². The predicted molar refractivity (Wildman–Crippen MR) is 65.8 cm³/mol. The molecule has 1 heterocycles. The average molecular weight is 256 g/mol. The summed E-state index contributed by atoms with van der Waals surface area (Å²) in [5.41, 5.74) is 1.88. The van der Waals surface area contributed by atoms with Crippen molar-refractivity contribution in [2.75, 3.05) is 24.7 Å². The van der Waals surface area contributed by atoms with Crippen molar-refractivity contribution >= 4 is 23.3 Å². The minimum Gasteiger partial charge on any atom is -0.480 e. The Morgan fingerprint density at radius 2 is 2.35 bits per heavy atom. The molecule has 1 aromatic rings. The molecule has 1 unspecified atom stereocenters. The van der Waals surface area contributed by atoms with E-state index in [4.69, 9.17) is 21.4 Å². The van der Waals surface area contributed by atoms with Gasteiger partial charge in [-0.3, -0.25) is 0 Å². The third-order valence-electron chi connectivity index (χ3n) is 2.88. The fraction of sp³-hybridized carbons (Fsp3) is 0.417. The Balaban J connectivity index is 2.32. The number of benzene rings is 1. The Labute approximate surface area is 105 Å². The number of carboxylic acids is 1. The molecular weight excluding hydrogens is 242 g/mol. The first-order valence-electron chi connectivity index (χ1n) is 5.43. The van der Waals surface area contributed by atoms with E-state index in [1.54, 1.807) is 6.07 Å². The molecule has 0 aliphatic carbocycles. The lowest BCUT2D eigenvalue weighted by Crippen LogP contribution is -2.50. The van der Waals surface area contributed by atoms with Gasteiger partial charge in [0, 0.05) is 17.3 Å². The molecule has 1 atom stereocenters. The standard InChI is InChI=1S/C12H14ClNO3/c1-8-6-9(13)2-3-10(8)14-4-5-17-7-11(14)12(15)16/h2-3,6,11H,4-5,7H2,1H3,(H,15,16). The van der Waals surface area contributed by atoms with E-state index in [1.807, 2.05) is 24.0 Å². The van der Waals surface area contributed by atoms with Gasteiger partial charge in [0.05, 0.1) is 13.2 Å². The Kier molecular flexibility index (Phi) is 3.54. The lowest BCUT2D eigenvalue weighted by atomic mass is 10.1. The zero-order valence-corrected chi connectivity index (χ0v) is 10.3. The summed E-state index contributed by atoms with van der Waals surface area (Å²) in [7, 11) is 0. The van der Waals surface area contributed by atoms with Gasteiger partial charge < -0.3 is 14.7 Å². The van der Waals surface area contributed by atoms with Crippen LogP contribution in [0.4, 0.5) is 5.69 Å². The fourth-order valence-electron chi connectivity index (χ4n) is 2.04. The van der Waals surface area contributed by atoms with Crippen LogP contribution < -0.4 is 4.90 Å². The van der Waals surface area contributed by atoms with Gasteiger partial charge in [-0.05, 0) is 30.7 Å². The van der Waals surface area contributed by atoms with Crippen LogP contribution in [-0.4, -0.2) is 36.9 Å². The SMILES string of the molecule is Cc1cc(Cl)ccc1N1CCOCC1C(=O)O. The number of carbonyl (C=O) groups is 1. The number of carboxylic acid groups (broad SMARTS) is 1. The molecule has 0 aromatic heterocycles. The molecule has 0 spiro atoms. The van der Waals surface area contributed by atoms with Gasteiger partial charge in [-0.15, -0.1) is 0 Å². The van der Waals surface area contributed by atoms with Crippen LogP contribution in [0, 0.1) is 6.92 Å². The van der Waals surface area contributed by atoms with Crippen molar-refractivity contribution in [3.05, 3.63) is 28.8 Å². The van der Waals surface area contributed by atoms with Crippen molar-refractivity contribution in [1.82, 2.24) is 0 Å². The molecule has 0 saturated carbocycles. The van der Waals surface area contributed by atoms with Crippen molar-refractivity contribution < 1.29 is 14.6 Å². The zero-order valence-electron chi connectivity index (χ0n) is 9.52. The van der Waals surface area contributed by atoms with Gasteiger partial charge in [0.25, 0.3) is 0 Å². The molecule has 2 rings (SSSR count). The number of hydrogen-bond acceptors (Lipinski definition) is 3. The van der Waals surface area contributed by atoms with Crippen molar-refractivity contribution in [2.24, 2.45) is 0 Å². The lowest BCUT2D eigenvalue weighted by molar-refractivity contribution is -0.141. The van der Waals surface area contributed by atoms with Crippen LogP contribution in [-0.2, 0) is 9.53 Å². The van der Waals surface area contributed by atoms with E-state index in [0.29, 0.717) is 18.2 Å². The highest BCUT2D eigenvalue weighted by atomic mass is 35.5. The van der Waals surface area contributed by atoms with Crippen molar-refractivity contribution in [2.45, 2.75) is 13.0 Å². The second-order valence-electron chi connectivity index (χ2n) is 4.05. The molecule has 17 heavy (non-hydrogen) atoms. The van der Waals surface area contributed by atoms with Crippen molar-refractivity contribution in [3.63, 3.8) is 0 Å². The normalized spacial score (nSPS) is 20.4. The maximum Gasteiger partial charge on any atom is 0.328 e. The van der Waals surface area contributed by atoms with Crippen molar-refractivity contribution in [1.29, 1.82) is 0 Å². The van der Waals surface area contributed by atoms with Gasteiger partial charge in [0.1, 0.15) is 0 Å². The highest BCUT2D eigenvalue weighted by Crippen LogP contribution is 2.26. The molecule has 0 bridgehead atoms. The number of aryl methyl sites for hydroxylation is 1. The monoisotopic (exact) mass is 255 g/mol. The smallest absolute Gasteiger partial charge is 0.328 e. The Hall–Kier alpha value is -1.26. The lowest BCUT2D eigenvalue weighted by Gasteiger charge is -2.35. The van der Waals surface area contributed by atoms with Gasteiger partial charge in [-0.1, -0.05) is 11.6 Å². The van der Waals surface area contributed by atoms with Gasteiger partial charge in [-0.2, -0.15) is 0 Å². The third-order valence-corrected chi connectivity index (χ3v) is 3.12. The zero-order chi connectivity index (χ0) is 12.4. The van der Waals surface area contributed by atoms with Crippen LogP contribution in [0.1, 0.15) is 5.56 Å². The first-order chi connectivity index (χ1) is 8.09. The summed E-state index contributed by atoms with van der Waals surface area (Å²) < 4.78 is 5.21. The van der Waals surface area contributed by atoms with E-state index in [1.165, 1.54) is 0 Å². The van der Waals surface area contributed by atoms with Gasteiger partial charge >= 0.3 is 5.97 Å². The number of morpholine rings is 1. The quantitative estimate of drug-likeness (QED) is 0.878. The summed E-state index contributed by atoms with van der Waals surface area (Å²) in [6.45, 7) is 3.28. The maximum atomic E-state index is 11.2. The van der Waals surface area contributed by atoms with Gasteiger partial charge in [0.2, 0.25) is 0 Å². The number of aliphatic carboxylic acids is 1. The molecule has 1 saturated heterocycles. The van der Waals surface area contributed by atoms with E-state index >= 15 is 0 Å². The molecule has 1 aliphatic heterocycles. The van der Waals surface area contributed by atoms with Crippen LogP contribution in [0.2, 0.25) is 5.02 Å². The van der Waals surface area contributed by atoms with Crippen LogP contribution in [0.3, 0.4) is 0 Å². The first-order valence-corrected chi connectivity index (χ1v) is 5.81. The topological polar surface area (TPSA) is 49.8 Å². The summed E-state index contributed by atoms with van der Waals surface area (Å²) in [6, 6.07) is 4.85. The van der Waals surface area contributed by atoms with E-state index in [-0.39, 0.29) is 6.61 Å². The van der Waals surface area contributed by atoms with E-state index in [9.17, 15) is 4.79 Å². The number of hydrogen-bond donors (Lipinski definition) is 1. The molecule has 5 heteroatoms. The highest BCUT2D eigenvalue weighted by molar-refractivity contribution is 6.30. The van der Waals surface area contributed by atoms with Crippen LogP contribution in [0.15, 0.2) is 18.2 Å². The number of nitrogens with zero attached hydrogens (tertiary/aromatic N) is 1. The molecule has 4 nitrogen and oxygen atoms in total. The Morgan fingerprint density at radius 1 is 1.59 bits per heavy atom. The van der Waals surface area contributed by atoms with E-state index in [2.05, 4.69) is 0 Å². The summed E-state index contributed by atoms with van der Waals surface area (Å²) in [5, 5.41) is 9.83. The molecular formula is C12H14ClNO3. The van der Waals surface area contributed by atoms with Gasteiger partial charge in [-0.25, -0.2) is 4.79 Å². The fourth-order valence-corrected chi connectivity index (χ4v) is 2.26. The molecule has 1 N–H and O–H groups in total. The number of ether oxygens (including phenoxy) is 1. The molecule has 0 amide bonds. The van der Waals surface area contributed by atoms with Crippen molar-refractivity contribution in [3.8, 4) is 0 Å². The summed E-state index contributed by atoms with van der Waals surface area (Å²) in [6.07, 6.45) is 0. The van der Waals surface area contributed by atoms with E-state index < -0.39 is 12.0 Å². The molecule has 92 valence electrons. The molecule has 1 aromatic carbocycles. The second-order valence-corrected chi connectivity index (χ2v) is 4.49. The molecule has 1 aliphatic rings. The van der Waals surface area contributed by atoms with Gasteiger partial charge in [0.15, 0.2) is 6.04 Å². The average Bonchev–Trinajstić information content (AvgIpc) is 2.29. The number of anilines is 1. The molecule has 1 fully saturated rings. The minimum absolute atomic E-state index is 0.220. The number of halogens is 1. The maximum absolute atomic E-state index is 11.2. The largest absolute Gasteiger partial charge is 0.480 e. The first kappa shape index (κ1) is 12.2. The Morgan fingerprint density at radius 3 is 3.00 bits per heavy atom. The highest BCUT2D eigenvalue weighted by Gasteiger charge is 2.30. The summed E-state index contributed by atoms with van der Waals surface area (Å²) in [4.78, 5) is 13.0. The summed E-state index contributed by atoms with van der Waals surface area (Å²) in [5.74, 6) is -0.862. The van der Waals surface area contributed by atoms with Crippen LogP contribution in [0.5, 0.6) is 0 Å². The predicted octanol–water partition coefficient (Wildman–Crippen LogP) is 1.94. The second kappa shape index (κ2) is 4.94. The van der Waals surface area contributed by atoms with Crippen LogP contribution in [0.25, 0.3) is 0 Å². The Bertz CT molecular complexity index is 436.